The van der Waals surface area contributed by atoms with Gasteiger partial charge in [-0.2, -0.15) is 9.57 Å². The van der Waals surface area contributed by atoms with Crippen LogP contribution in [0.15, 0.2) is 0 Å². The molecular weight excluding hydrogens is 326 g/mol. The minimum absolute atomic E-state index is 0.101. The first-order valence-electron chi connectivity index (χ1n) is 6.97. The molecule has 2 atom stereocenters. The number of carbonyl (C=O) groups is 2. The summed E-state index contributed by atoms with van der Waals surface area (Å²) in [7, 11) is -3.95. The number of aliphatic carboxylic acids is 1. The monoisotopic (exact) mass is 347 g/mol. The van der Waals surface area contributed by atoms with Gasteiger partial charge in [-0.3, -0.25) is 0 Å². The highest BCUT2D eigenvalue weighted by Crippen LogP contribution is 2.26. The topological polar surface area (TPSA) is 137 Å². The van der Waals surface area contributed by atoms with Crippen molar-refractivity contribution in [3.8, 4) is 6.07 Å². The number of hydrogen-bond donors (Lipinski definition) is 2. The van der Waals surface area contributed by atoms with E-state index < -0.39 is 45.0 Å². The van der Waals surface area contributed by atoms with Crippen molar-refractivity contribution in [3.63, 3.8) is 0 Å². The van der Waals surface area contributed by atoms with Gasteiger partial charge in [-0.15, -0.1) is 0 Å². The van der Waals surface area contributed by atoms with E-state index in [9.17, 15) is 23.1 Å². The van der Waals surface area contributed by atoms with Gasteiger partial charge in [0.1, 0.15) is 5.60 Å². The van der Waals surface area contributed by atoms with E-state index in [0.717, 1.165) is 4.31 Å². The number of hydrogen-bond acceptors (Lipinski definition) is 6. The molecule has 1 aliphatic heterocycles. The molecule has 1 aliphatic rings. The molecule has 2 unspecified atom stereocenters. The number of amides is 1. The summed E-state index contributed by atoms with van der Waals surface area (Å²) in [6.07, 6.45) is -1.05. The maximum atomic E-state index is 12.2. The van der Waals surface area contributed by atoms with Gasteiger partial charge in [0.25, 0.3) is 0 Å². The molecule has 0 radical (unpaired) electrons. The van der Waals surface area contributed by atoms with E-state index in [4.69, 9.17) is 10.00 Å². The second-order valence-corrected chi connectivity index (χ2v) is 8.67. The van der Waals surface area contributed by atoms with Crippen molar-refractivity contribution in [2.45, 2.75) is 50.5 Å². The predicted molar refractivity (Wildman–Crippen MR) is 79.9 cm³/mol. The zero-order valence-electron chi connectivity index (χ0n) is 13.5. The molecule has 23 heavy (non-hydrogen) atoms. The Morgan fingerprint density at radius 2 is 2.00 bits per heavy atom. The van der Waals surface area contributed by atoms with Crippen LogP contribution in [0, 0.1) is 11.3 Å². The zero-order valence-corrected chi connectivity index (χ0v) is 14.3. The van der Waals surface area contributed by atoms with Crippen LogP contribution in [0.4, 0.5) is 4.79 Å². The maximum Gasteiger partial charge on any atom is 0.408 e. The number of sulfonamides is 1. The summed E-state index contributed by atoms with van der Waals surface area (Å²) in [5, 5.41) is 19.2. The summed E-state index contributed by atoms with van der Waals surface area (Å²) in [6.45, 7) is 5.55. The van der Waals surface area contributed by atoms with Crippen LogP contribution >= 0.6 is 0 Å². The van der Waals surface area contributed by atoms with Crippen LogP contribution in [0.3, 0.4) is 0 Å². The average molecular weight is 347 g/mol. The third kappa shape index (κ3) is 4.33. The molecule has 0 aliphatic carbocycles. The Bertz CT molecular complexity index is 633. The number of rotatable bonds is 4. The number of nitriles is 1. The Labute approximate surface area is 135 Å². The maximum absolute atomic E-state index is 12.2. The smallest absolute Gasteiger partial charge is 0.408 e. The number of alkyl carbamates (subject to hydrolysis) is 1. The van der Waals surface area contributed by atoms with Gasteiger partial charge in [0.05, 0.1) is 6.07 Å². The van der Waals surface area contributed by atoms with Crippen molar-refractivity contribution >= 4 is 22.1 Å². The minimum atomic E-state index is -3.95. The molecule has 0 bridgehead atoms. The van der Waals surface area contributed by atoms with Crippen LogP contribution in [-0.4, -0.2) is 59.4 Å². The lowest BCUT2D eigenvalue weighted by Crippen LogP contribution is -2.57. The second kappa shape index (κ2) is 6.33. The molecule has 0 aromatic heterocycles. The summed E-state index contributed by atoms with van der Waals surface area (Å²) in [4.78, 5) is 23.4. The van der Waals surface area contributed by atoms with E-state index in [0.29, 0.717) is 0 Å². The normalized spacial score (nSPS) is 23.8. The summed E-state index contributed by atoms with van der Waals surface area (Å²) in [5.74, 6) is -1.36. The first-order chi connectivity index (χ1) is 10.3. The van der Waals surface area contributed by atoms with Gasteiger partial charge in [-0.1, -0.05) is 0 Å². The summed E-state index contributed by atoms with van der Waals surface area (Å²) < 4.78 is 30.3. The molecule has 0 saturated carbocycles. The number of ether oxygens (including phenoxy) is 1. The summed E-state index contributed by atoms with van der Waals surface area (Å²) in [6, 6.07) is 1.62. The molecule has 130 valence electrons. The Morgan fingerprint density at radius 1 is 1.43 bits per heavy atom. The molecule has 1 rings (SSSR count). The molecule has 9 nitrogen and oxygen atoms in total. The predicted octanol–water partition coefficient (Wildman–Crippen LogP) is 0.282. The van der Waals surface area contributed by atoms with Gasteiger partial charge in [-0.25, -0.2) is 18.0 Å². The molecule has 0 aromatic carbocycles. The van der Waals surface area contributed by atoms with Gasteiger partial charge in [-0.05, 0) is 34.1 Å². The van der Waals surface area contributed by atoms with Crippen molar-refractivity contribution in [2.24, 2.45) is 0 Å². The largest absolute Gasteiger partial charge is 0.479 e. The summed E-state index contributed by atoms with van der Waals surface area (Å²) >= 11 is 0. The third-order valence-corrected chi connectivity index (χ3v) is 5.40. The lowest BCUT2D eigenvalue weighted by atomic mass is 9.99. The number of carbonyl (C=O) groups excluding carboxylic acids is 1. The molecule has 10 heteroatoms. The van der Waals surface area contributed by atoms with E-state index in [1.54, 1.807) is 26.8 Å². The van der Waals surface area contributed by atoms with Crippen LogP contribution in [0.5, 0.6) is 0 Å². The fraction of sp³-hybridized carbons (Fsp3) is 0.769. The lowest BCUT2D eigenvalue weighted by Gasteiger charge is -2.28. The molecule has 1 heterocycles. The first kappa shape index (κ1) is 19.2. The van der Waals surface area contributed by atoms with E-state index in [1.807, 2.05) is 0 Å². The van der Waals surface area contributed by atoms with Crippen molar-refractivity contribution in [3.05, 3.63) is 0 Å². The first-order valence-corrected chi connectivity index (χ1v) is 8.47. The Balaban J connectivity index is 2.97. The van der Waals surface area contributed by atoms with Gasteiger partial charge in [0, 0.05) is 13.1 Å². The van der Waals surface area contributed by atoms with Crippen LogP contribution in [0.1, 0.15) is 34.1 Å². The van der Waals surface area contributed by atoms with Gasteiger partial charge >= 0.3 is 12.1 Å². The lowest BCUT2D eigenvalue weighted by molar-refractivity contribution is -0.144. The molecule has 0 aromatic rings. The van der Waals surface area contributed by atoms with Crippen LogP contribution in [-0.2, 0) is 19.6 Å². The fourth-order valence-electron chi connectivity index (χ4n) is 2.11. The Hall–Kier alpha value is -1.86. The van der Waals surface area contributed by atoms with Crippen molar-refractivity contribution in [2.75, 3.05) is 13.1 Å². The Morgan fingerprint density at radius 3 is 2.43 bits per heavy atom. The number of carboxylic acid groups (broad SMARTS) is 1. The van der Waals surface area contributed by atoms with Crippen molar-refractivity contribution in [1.82, 2.24) is 9.62 Å². The molecule has 2 N–H and O–H groups in total. The fourth-order valence-corrected chi connectivity index (χ4v) is 3.44. The van der Waals surface area contributed by atoms with E-state index in [2.05, 4.69) is 5.32 Å². The highest BCUT2D eigenvalue weighted by molar-refractivity contribution is 7.90. The van der Waals surface area contributed by atoms with Crippen LogP contribution in [0.2, 0.25) is 0 Å². The molecular formula is C13H21N3O6S. The molecule has 1 saturated heterocycles. The molecule has 0 spiro atoms. The minimum Gasteiger partial charge on any atom is -0.479 e. The van der Waals surface area contributed by atoms with E-state index in [1.165, 1.54) is 6.92 Å². The van der Waals surface area contributed by atoms with Crippen molar-refractivity contribution in [1.29, 1.82) is 5.26 Å². The van der Waals surface area contributed by atoms with E-state index in [-0.39, 0.29) is 13.0 Å². The van der Waals surface area contributed by atoms with Gasteiger partial charge in [0.2, 0.25) is 10.0 Å². The highest BCUT2D eigenvalue weighted by atomic mass is 32.2. The van der Waals surface area contributed by atoms with Gasteiger partial charge < -0.3 is 15.2 Å². The van der Waals surface area contributed by atoms with Crippen LogP contribution in [0.25, 0.3) is 0 Å². The average Bonchev–Trinajstić information content (AvgIpc) is 2.81. The standard InChI is InChI=1S/C13H21N3O6S/c1-9(7-14)23(20,21)16-6-5-13(8-16,10(17)18)15-11(19)22-12(2,3)4/h9H,5-6,8H2,1-4H3,(H,15,19)(H,17,18). The number of carboxylic acids is 1. The highest BCUT2D eigenvalue weighted by Gasteiger charge is 2.50. The van der Waals surface area contributed by atoms with E-state index >= 15 is 0 Å². The Kier molecular flexibility index (Phi) is 5.28. The molecule has 1 amide bonds. The van der Waals surface area contributed by atoms with Crippen LogP contribution < -0.4 is 5.32 Å². The SMILES string of the molecule is CC(C#N)S(=O)(=O)N1CCC(NC(=O)OC(C)(C)C)(C(=O)O)C1. The zero-order chi connectivity index (χ0) is 18.1. The second-order valence-electron chi connectivity index (χ2n) is 6.41. The van der Waals surface area contributed by atoms with Crippen molar-refractivity contribution < 1.29 is 27.9 Å². The quantitative estimate of drug-likeness (QED) is 0.745. The molecule has 1 fully saturated rings. The third-order valence-electron chi connectivity index (χ3n) is 3.37. The number of nitrogens with one attached hydrogen (secondary N) is 1. The summed E-state index contributed by atoms with van der Waals surface area (Å²) in [5.41, 5.74) is -2.59. The van der Waals surface area contributed by atoms with Gasteiger partial charge in [0.15, 0.2) is 10.8 Å². The number of nitrogens with zero attached hydrogens (tertiary/aromatic N) is 2.